The molecule has 0 saturated carbocycles. The van der Waals surface area contributed by atoms with E-state index in [9.17, 15) is 9.90 Å². The van der Waals surface area contributed by atoms with Crippen LogP contribution in [0.25, 0.3) is 0 Å². The second-order valence-electron chi connectivity index (χ2n) is 7.92. The van der Waals surface area contributed by atoms with Crippen molar-refractivity contribution in [1.29, 1.82) is 0 Å². The zero-order valence-electron chi connectivity index (χ0n) is 19.9. The number of aliphatic hydroxyl groups excluding tert-OH is 1. The molecule has 0 fully saturated rings. The van der Waals surface area contributed by atoms with Gasteiger partial charge in [0.05, 0.1) is 33.5 Å². The highest BCUT2D eigenvalue weighted by molar-refractivity contribution is 5.81. The van der Waals surface area contributed by atoms with Crippen LogP contribution in [0.5, 0.6) is 0 Å². The van der Waals surface area contributed by atoms with Crippen LogP contribution in [0.3, 0.4) is 0 Å². The molecule has 3 atom stereocenters. The van der Waals surface area contributed by atoms with Crippen LogP contribution in [0.4, 0.5) is 0 Å². The molecule has 0 aliphatic heterocycles. The Morgan fingerprint density at radius 2 is 1.20 bits per heavy atom. The number of hydrogen-bond donors (Lipinski definition) is 1. The molecule has 0 radical (unpaired) electrons. The Kier molecular flexibility index (Phi) is 11.2. The van der Waals surface area contributed by atoms with Gasteiger partial charge in [-0.2, -0.15) is 0 Å². The molecule has 0 bridgehead atoms. The van der Waals surface area contributed by atoms with E-state index in [-0.39, 0.29) is 13.2 Å². The third-order valence-corrected chi connectivity index (χ3v) is 5.37. The SMILES string of the molecule is COC(=O)/C=C/[C@H](OCc1ccccc1)[C@@H](OCc1ccccc1)[C@@H](CO)OCc1ccccc1. The lowest BCUT2D eigenvalue weighted by Crippen LogP contribution is -2.44. The standard InChI is InChI=1S/C29H32O6/c1-32-28(31)18-17-26(33-20-23-11-5-2-6-12-23)29(35-22-25-15-9-4-10-16-25)27(19-30)34-21-24-13-7-3-8-14-24/h2-18,26-27,29-30H,19-22H2,1H3/b18-17+/t26-,27+,29+/m0/s1. The molecule has 6 heteroatoms. The van der Waals surface area contributed by atoms with E-state index < -0.39 is 24.3 Å². The van der Waals surface area contributed by atoms with Gasteiger partial charge in [0.15, 0.2) is 0 Å². The van der Waals surface area contributed by atoms with Gasteiger partial charge in [-0.3, -0.25) is 0 Å². The number of benzene rings is 3. The molecular formula is C29H32O6. The first-order valence-corrected chi connectivity index (χ1v) is 11.5. The zero-order chi connectivity index (χ0) is 24.7. The summed E-state index contributed by atoms with van der Waals surface area (Å²) in [5.41, 5.74) is 2.91. The maximum Gasteiger partial charge on any atom is 0.330 e. The van der Waals surface area contributed by atoms with Crippen molar-refractivity contribution in [1.82, 2.24) is 0 Å². The van der Waals surface area contributed by atoms with E-state index in [1.807, 2.05) is 91.0 Å². The first-order chi connectivity index (χ1) is 17.2. The summed E-state index contributed by atoms with van der Waals surface area (Å²) in [6, 6.07) is 29.1. The molecule has 0 unspecified atom stereocenters. The number of methoxy groups -OCH3 is 1. The fourth-order valence-corrected chi connectivity index (χ4v) is 3.48. The third kappa shape index (κ3) is 9.11. The van der Waals surface area contributed by atoms with Gasteiger partial charge >= 0.3 is 5.97 Å². The lowest BCUT2D eigenvalue weighted by atomic mass is 10.1. The van der Waals surface area contributed by atoms with Crippen molar-refractivity contribution in [2.24, 2.45) is 0 Å². The summed E-state index contributed by atoms with van der Waals surface area (Å²) in [5, 5.41) is 10.3. The van der Waals surface area contributed by atoms with E-state index in [0.717, 1.165) is 16.7 Å². The monoisotopic (exact) mass is 476 g/mol. The summed E-state index contributed by atoms with van der Waals surface area (Å²) in [4.78, 5) is 11.9. The average Bonchev–Trinajstić information content (AvgIpc) is 2.92. The van der Waals surface area contributed by atoms with Gasteiger partial charge in [0.1, 0.15) is 18.3 Å². The topological polar surface area (TPSA) is 74.2 Å². The Morgan fingerprint density at radius 3 is 1.66 bits per heavy atom. The highest BCUT2D eigenvalue weighted by atomic mass is 16.6. The van der Waals surface area contributed by atoms with Crippen LogP contribution in [-0.4, -0.2) is 43.1 Å². The smallest absolute Gasteiger partial charge is 0.330 e. The van der Waals surface area contributed by atoms with E-state index in [1.54, 1.807) is 6.08 Å². The molecule has 0 heterocycles. The molecule has 6 nitrogen and oxygen atoms in total. The van der Waals surface area contributed by atoms with Crippen LogP contribution in [0.1, 0.15) is 16.7 Å². The fourth-order valence-electron chi connectivity index (χ4n) is 3.48. The van der Waals surface area contributed by atoms with Gasteiger partial charge in [-0.25, -0.2) is 4.79 Å². The highest BCUT2D eigenvalue weighted by Gasteiger charge is 2.31. The molecule has 0 saturated heterocycles. The second-order valence-corrected chi connectivity index (χ2v) is 7.92. The number of rotatable bonds is 14. The van der Waals surface area contributed by atoms with E-state index >= 15 is 0 Å². The van der Waals surface area contributed by atoms with Crippen molar-refractivity contribution >= 4 is 5.97 Å². The van der Waals surface area contributed by atoms with Gasteiger partial charge in [0.25, 0.3) is 0 Å². The Bertz CT molecular complexity index is 1010. The van der Waals surface area contributed by atoms with Gasteiger partial charge in [-0.05, 0) is 22.8 Å². The van der Waals surface area contributed by atoms with Crippen molar-refractivity contribution in [2.45, 2.75) is 38.1 Å². The van der Waals surface area contributed by atoms with Crippen molar-refractivity contribution in [2.75, 3.05) is 13.7 Å². The number of aliphatic hydroxyl groups is 1. The zero-order valence-corrected chi connectivity index (χ0v) is 19.9. The molecule has 0 spiro atoms. The van der Waals surface area contributed by atoms with Gasteiger partial charge in [0.2, 0.25) is 0 Å². The minimum absolute atomic E-state index is 0.286. The van der Waals surface area contributed by atoms with Crippen molar-refractivity contribution < 1.29 is 28.8 Å². The summed E-state index contributed by atoms with van der Waals surface area (Å²) in [6.45, 7) is 0.583. The van der Waals surface area contributed by atoms with E-state index in [0.29, 0.717) is 13.2 Å². The fraction of sp³-hybridized carbons (Fsp3) is 0.276. The summed E-state index contributed by atoms with van der Waals surface area (Å²) in [7, 11) is 1.31. The van der Waals surface area contributed by atoms with Crippen LogP contribution in [0.2, 0.25) is 0 Å². The Morgan fingerprint density at radius 1 is 0.743 bits per heavy atom. The molecule has 3 rings (SSSR count). The molecule has 0 amide bonds. The van der Waals surface area contributed by atoms with Crippen LogP contribution >= 0.6 is 0 Å². The largest absolute Gasteiger partial charge is 0.466 e. The van der Waals surface area contributed by atoms with E-state index in [4.69, 9.17) is 18.9 Å². The summed E-state index contributed by atoms with van der Waals surface area (Å²) in [5.74, 6) is -0.508. The summed E-state index contributed by atoms with van der Waals surface area (Å²) in [6.07, 6.45) is 0.806. The van der Waals surface area contributed by atoms with Crippen molar-refractivity contribution in [3.63, 3.8) is 0 Å². The van der Waals surface area contributed by atoms with Gasteiger partial charge in [-0.1, -0.05) is 91.0 Å². The maximum absolute atomic E-state index is 11.9. The van der Waals surface area contributed by atoms with E-state index in [1.165, 1.54) is 13.2 Å². The van der Waals surface area contributed by atoms with Crippen LogP contribution in [0.15, 0.2) is 103 Å². The molecule has 0 aromatic heterocycles. The van der Waals surface area contributed by atoms with Gasteiger partial charge in [0, 0.05) is 6.08 Å². The Balaban J connectivity index is 1.82. The first-order valence-electron chi connectivity index (χ1n) is 11.5. The average molecular weight is 477 g/mol. The number of hydrogen-bond acceptors (Lipinski definition) is 6. The van der Waals surface area contributed by atoms with E-state index in [2.05, 4.69) is 0 Å². The predicted octanol–water partition coefficient (Wildman–Crippen LogP) is 4.46. The van der Waals surface area contributed by atoms with Crippen molar-refractivity contribution in [3.05, 3.63) is 120 Å². The lowest BCUT2D eigenvalue weighted by Gasteiger charge is -2.31. The normalized spacial score (nSPS) is 13.9. The summed E-state index contributed by atoms with van der Waals surface area (Å²) >= 11 is 0. The molecule has 3 aromatic carbocycles. The molecule has 3 aromatic rings. The minimum atomic E-state index is -0.706. The third-order valence-electron chi connectivity index (χ3n) is 5.37. The number of ether oxygens (including phenoxy) is 4. The molecular weight excluding hydrogens is 444 g/mol. The Labute approximate surface area is 206 Å². The molecule has 0 aliphatic carbocycles. The number of carbonyl (C=O) groups excluding carboxylic acids is 1. The molecule has 1 N–H and O–H groups in total. The quantitative estimate of drug-likeness (QED) is 0.274. The Hall–Kier alpha value is -3.29. The first kappa shape index (κ1) is 26.3. The molecule has 0 aliphatic rings. The van der Waals surface area contributed by atoms with Crippen LogP contribution < -0.4 is 0 Å². The van der Waals surface area contributed by atoms with Crippen LogP contribution in [-0.2, 0) is 43.6 Å². The van der Waals surface area contributed by atoms with Gasteiger partial charge in [-0.15, -0.1) is 0 Å². The van der Waals surface area contributed by atoms with Crippen LogP contribution in [0, 0.1) is 0 Å². The molecule has 35 heavy (non-hydrogen) atoms. The minimum Gasteiger partial charge on any atom is -0.466 e. The summed E-state index contributed by atoms with van der Waals surface area (Å²) < 4.78 is 23.3. The number of carbonyl (C=O) groups is 1. The maximum atomic E-state index is 11.9. The molecule has 184 valence electrons. The second kappa shape index (κ2) is 14.9. The number of esters is 1. The lowest BCUT2D eigenvalue weighted by molar-refractivity contribution is -0.150. The highest BCUT2D eigenvalue weighted by Crippen LogP contribution is 2.19. The predicted molar refractivity (Wildman–Crippen MR) is 133 cm³/mol. The van der Waals surface area contributed by atoms with Gasteiger partial charge < -0.3 is 24.1 Å². The van der Waals surface area contributed by atoms with Crippen molar-refractivity contribution in [3.8, 4) is 0 Å².